The van der Waals surface area contributed by atoms with Crippen LogP contribution in [0.3, 0.4) is 0 Å². The predicted molar refractivity (Wildman–Crippen MR) is 47.7 cm³/mol. The first kappa shape index (κ1) is 12.0. The molecule has 0 aromatic carbocycles. The number of alkyl halides is 3. The summed E-state index contributed by atoms with van der Waals surface area (Å²) in [7, 11) is -5.11. The molecule has 0 aliphatic heterocycles. The summed E-state index contributed by atoms with van der Waals surface area (Å²) in [6, 6.07) is 2.71. The van der Waals surface area contributed by atoms with Crippen LogP contribution in [0.25, 0.3) is 0 Å². The number of hydrogen-bond acceptors (Lipinski definition) is 3. The van der Waals surface area contributed by atoms with Crippen molar-refractivity contribution in [2.24, 2.45) is 0 Å². The van der Waals surface area contributed by atoms with E-state index in [1.54, 1.807) is 0 Å². The van der Waals surface area contributed by atoms with Gasteiger partial charge in [-0.1, -0.05) is 6.07 Å². The highest BCUT2D eigenvalue weighted by Gasteiger charge is 2.45. The fourth-order valence-electron chi connectivity index (χ4n) is 0.957. The minimum atomic E-state index is -5.21. The summed E-state index contributed by atoms with van der Waals surface area (Å²) in [4.78, 5) is 3.71. The second-order valence-electron chi connectivity index (χ2n) is 2.95. The zero-order valence-corrected chi connectivity index (χ0v) is 8.56. The van der Waals surface area contributed by atoms with E-state index in [-0.39, 0.29) is 11.3 Å². The van der Waals surface area contributed by atoms with Crippen molar-refractivity contribution < 1.29 is 21.6 Å². The van der Waals surface area contributed by atoms with E-state index in [2.05, 4.69) is 4.98 Å². The first-order valence-corrected chi connectivity index (χ1v) is 5.59. The van der Waals surface area contributed by atoms with E-state index in [4.69, 9.17) is 0 Å². The molecule has 0 aliphatic carbocycles. The van der Waals surface area contributed by atoms with Crippen molar-refractivity contribution in [2.45, 2.75) is 18.2 Å². The molecule has 0 unspecified atom stereocenters. The van der Waals surface area contributed by atoms with E-state index in [1.807, 2.05) is 0 Å². The van der Waals surface area contributed by atoms with Crippen LogP contribution in [0, 0.1) is 6.92 Å². The Balaban J connectivity index is 3.03. The van der Waals surface area contributed by atoms with Gasteiger partial charge >= 0.3 is 5.51 Å². The highest BCUT2D eigenvalue weighted by atomic mass is 32.2. The van der Waals surface area contributed by atoms with Crippen LogP contribution in [0.2, 0.25) is 0 Å². The number of aromatic nitrogens is 1. The van der Waals surface area contributed by atoms with Crippen molar-refractivity contribution in [1.82, 2.24) is 4.98 Å². The van der Waals surface area contributed by atoms with Crippen molar-refractivity contribution in [3.05, 3.63) is 29.6 Å². The van der Waals surface area contributed by atoms with Gasteiger partial charge in [0.25, 0.3) is 9.84 Å². The van der Waals surface area contributed by atoms with Gasteiger partial charge in [-0.25, -0.2) is 8.42 Å². The van der Waals surface area contributed by atoms with Gasteiger partial charge in [-0.2, -0.15) is 13.2 Å². The molecular weight excluding hydrogens is 231 g/mol. The van der Waals surface area contributed by atoms with Crippen LogP contribution in [0.1, 0.15) is 11.3 Å². The molecule has 0 N–H and O–H groups in total. The smallest absolute Gasteiger partial charge is 0.261 e. The second kappa shape index (κ2) is 3.80. The Bertz CT molecular complexity index is 453. The van der Waals surface area contributed by atoms with Crippen molar-refractivity contribution in [3.8, 4) is 0 Å². The van der Waals surface area contributed by atoms with Gasteiger partial charge in [0.05, 0.1) is 5.75 Å². The third-order valence-electron chi connectivity index (χ3n) is 1.81. The second-order valence-corrected chi connectivity index (χ2v) is 4.93. The number of pyridine rings is 1. The molecule has 0 spiro atoms. The highest BCUT2D eigenvalue weighted by molar-refractivity contribution is 7.91. The number of sulfone groups is 1. The number of rotatable bonds is 2. The van der Waals surface area contributed by atoms with E-state index in [0.717, 1.165) is 0 Å². The lowest BCUT2D eigenvalue weighted by molar-refractivity contribution is -0.0437. The van der Waals surface area contributed by atoms with E-state index >= 15 is 0 Å². The molecule has 0 saturated carbocycles. The first-order valence-electron chi connectivity index (χ1n) is 3.93. The summed E-state index contributed by atoms with van der Waals surface area (Å²) in [6.45, 7) is 1.46. The van der Waals surface area contributed by atoms with E-state index in [0.29, 0.717) is 0 Å². The summed E-state index contributed by atoms with van der Waals surface area (Å²) in [6.07, 6.45) is 1.39. The lowest BCUT2D eigenvalue weighted by Crippen LogP contribution is -2.25. The number of hydrogen-bond donors (Lipinski definition) is 0. The molecular formula is C8H8F3NO2S. The molecule has 1 rings (SSSR count). The standard InChI is InChI=1S/C8H8F3NO2S/c1-6-7(3-2-4-12-6)5-15(13,14)8(9,10)11/h2-4H,5H2,1H3. The van der Waals surface area contributed by atoms with Crippen molar-refractivity contribution in [3.63, 3.8) is 0 Å². The number of halogens is 3. The average molecular weight is 239 g/mol. The largest absolute Gasteiger partial charge is 0.497 e. The van der Waals surface area contributed by atoms with Crippen LogP contribution in [-0.4, -0.2) is 18.9 Å². The minimum absolute atomic E-state index is 0.0647. The highest BCUT2D eigenvalue weighted by Crippen LogP contribution is 2.27. The summed E-state index contributed by atoms with van der Waals surface area (Å²) < 4.78 is 57.8. The van der Waals surface area contributed by atoms with Crippen LogP contribution in [0.5, 0.6) is 0 Å². The molecule has 7 heteroatoms. The SMILES string of the molecule is Cc1ncccc1CS(=O)(=O)C(F)(F)F. The fraction of sp³-hybridized carbons (Fsp3) is 0.375. The van der Waals surface area contributed by atoms with Crippen molar-refractivity contribution in [2.75, 3.05) is 0 Å². The Morgan fingerprint density at radius 3 is 2.47 bits per heavy atom. The Morgan fingerprint density at radius 1 is 1.40 bits per heavy atom. The van der Waals surface area contributed by atoms with Gasteiger partial charge < -0.3 is 0 Å². The summed E-state index contributed by atoms with van der Waals surface area (Å²) in [5, 5.41) is 0. The lowest BCUT2D eigenvalue weighted by atomic mass is 10.2. The van der Waals surface area contributed by atoms with E-state index < -0.39 is 21.1 Å². The molecule has 1 heterocycles. The quantitative estimate of drug-likeness (QED) is 0.790. The molecule has 0 radical (unpaired) electrons. The average Bonchev–Trinajstić information content (AvgIpc) is 2.06. The summed E-state index contributed by atoms with van der Waals surface area (Å²) in [5.74, 6) is -1.06. The molecule has 15 heavy (non-hydrogen) atoms. The lowest BCUT2D eigenvalue weighted by Gasteiger charge is -2.08. The Hall–Kier alpha value is -1.11. The number of nitrogens with zero attached hydrogens (tertiary/aromatic N) is 1. The maximum Gasteiger partial charge on any atom is 0.497 e. The van der Waals surface area contributed by atoms with Gasteiger partial charge in [-0.3, -0.25) is 4.98 Å². The van der Waals surface area contributed by atoms with Crippen LogP contribution >= 0.6 is 0 Å². The van der Waals surface area contributed by atoms with Crippen molar-refractivity contribution >= 4 is 9.84 Å². The third kappa shape index (κ3) is 2.68. The van der Waals surface area contributed by atoms with E-state index in [9.17, 15) is 21.6 Å². The molecule has 0 bridgehead atoms. The molecule has 0 saturated heterocycles. The molecule has 0 fully saturated rings. The Kier molecular flexibility index (Phi) is 3.03. The zero-order chi connectivity index (χ0) is 11.7. The summed E-state index contributed by atoms with van der Waals surface area (Å²) in [5.41, 5.74) is -4.87. The van der Waals surface area contributed by atoms with Crippen LogP contribution in [0.15, 0.2) is 18.3 Å². The summed E-state index contributed by atoms with van der Waals surface area (Å²) >= 11 is 0. The van der Waals surface area contributed by atoms with E-state index in [1.165, 1.54) is 25.3 Å². The molecule has 1 aromatic rings. The number of aryl methyl sites for hydroxylation is 1. The first-order chi connectivity index (χ1) is 6.74. The fourth-order valence-corrected chi connectivity index (χ4v) is 1.83. The van der Waals surface area contributed by atoms with Gasteiger partial charge in [-0.15, -0.1) is 0 Å². The van der Waals surface area contributed by atoms with Gasteiger partial charge in [-0.05, 0) is 18.6 Å². The Labute approximate surface area is 84.9 Å². The molecule has 0 amide bonds. The molecule has 0 atom stereocenters. The zero-order valence-electron chi connectivity index (χ0n) is 7.75. The van der Waals surface area contributed by atoms with Crippen LogP contribution in [-0.2, 0) is 15.6 Å². The monoisotopic (exact) mass is 239 g/mol. The van der Waals surface area contributed by atoms with Crippen LogP contribution in [0.4, 0.5) is 13.2 Å². The normalized spacial score (nSPS) is 12.8. The van der Waals surface area contributed by atoms with Gasteiger partial charge in [0, 0.05) is 11.9 Å². The maximum atomic E-state index is 12.0. The molecule has 84 valence electrons. The third-order valence-corrected chi connectivity index (χ3v) is 3.21. The van der Waals surface area contributed by atoms with Crippen molar-refractivity contribution in [1.29, 1.82) is 0 Å². The minimum Gasteiger partial charge on any atom is -0.261 e. The molecule has 3 nitrogen and oxygen atoms in total. The maximum absolute atomic E-state index is 12.0. The Morgan fingerprint density at radius 2 is 2.00 bits per heavy atom. The van der Waals surface area contributed by atoms with Gasteiger partial charge in [0.15, 0.2) is 0 Å². The van der Waals surface area contributed by atoms with Gasteiger partial charge in [0.1, 0.15) is 0 Å². The van der Waals surface area contributed by atoms with Gasteiger partial charge in [0.2, 0.25) is 0 Å². The molecule has 1 aromatic heterocycles. The topological polar surface area (TPSA) is 47.0 Å². The molecule has 0 aliphatic rings. The van der Waals surface area contributed by atoms with Crippen LogP contribution < -0.4 is 0 Å². The predicted octanol–water partition coefficient (Wildman–Crippen LogP) is 1.82.